The average Bonchev–Trinajstić information content (AvgIpc) is 2.33. The van der Waals surface area contributed by atoms with Crippen LogP contribution < -0.4 is 5.32 Å². The third-order valence-corrected chi connectivity index (χ3v) is 1.49. The minimum Gasteiger partial charge on any atom is -0.347 e. The summed E-state index contributed by atoms with van der Waals surface area (Å²) in [7, 11) is 0. The van der Waals surface area contributed by atoms with Gasteiger partial charge in [0, 0.05) is 18.8 Å². The molecule has 3 nitrogen and oxygen atoms in total. The van der Waals surface area contributed by atoms with Crippen LogP contribution in [0.4, 0.5) is 0 Å². The van der Waals surface area contributed by atoms with Crippen LogP contribution in [0.2, 0.25) is 0 Å². The van der Waals surface area contributed by atoms with Crippen LogP contribution in [0, 0.1) is 0 Å². The summed E-state index contributed by atoms with van der Waals surface area (Å²) in [6, 6.07) is 0.336. The molecule has 0 bridgehead atoms. The van der Waals surface area contributed by atoms with Gasteiger partial charge in [0.2, 0.25) is 0 Å². The SMILES string of the molecule is C1=NC=C2NC=NC2C1. The third kappa shape index (κ3) is 0.650. The molecule has 0 aromatic rings. The Hall–Kier alpha value is -1.12. The Labute approximate surface area is 53.2 Å². The predicted octanol–water partition coefficient (Wildman–Crippen LogP) is 0.302. The predicted molar refractivity (Wildman–Crippen MR) is 36.6 cm³/mol. The summed E-state index contributed by atoms with van der Waals surface area (Å²) in [5.41, 5.74) is 1.12. The summed E-state index contributed by atoms with van der Waals surface area (Å²) >= 11 is 0. The Balaban J connectivity index is 2.29. The molecule has 0 saturated heterocycles. The van der Waals surface area contributed by atoms with Crippen molar-refractivity contribution in [3.8, 4) is 0 Å². The Morgan fingerprint density at radius 2 is 2.67 bits per heavy atom. The zero-order valence-corrected chi connectivity index (χ0v) is 4.91. The van der Waals surface area contributed by atoms with Crippen LogP contribution in [0.5, 0.6) is 0 Å². The van der Waals surface area contributed by atoms with Gasteiger partial charge in [-0.25, -0.2) is 0 Å². The highest BCUT2D eigenvalue weighted by Crippen LogP contribution is 2.13. The lowest BCUT2D eigenvalue weighted by Gasteiger charge is -2.07. The van der Waals surface area contributed by atoms with Crippen LogP contribution in [0.3, 0.4) is 0 Å². The Bertz CT molecular complexity index is 202. The van der Waals surface area contributed by atoms with E-state index in [2.05, 4.69) is 15.3 Å². The van der Waals surface area contributed by atoms with E-state index in [0.717, 1.165) is 12.1 Å². The molecule has 46 valence electrons. The van der Waals surface area contributed by atoms with Crippen molar-refractivity contribution in [1.29, 1.82) is 0 Å². The van der Waals surface area contributed by atoms with Crippen LogP contribution in [-0.2, 0) is 0 Å². The first-order chi connectivity index (χ1) is 4.47. The molecule has 2 aliphatic rings. The molecule has 2 aliphatic heterocycles. The molecule has 0 fully saturated rings. The molecule has 9 heavy (non-hydrogen) atoms. The molecule has 1 unspecified atom stereocenters. The Kier molecular flexibility index (Phi) is 0.886. The maximum absolute atomic E-state index is 4.16. The highest BCUT2D eigenvalue weighted by atomic mass is 15.1. The van der Waals surface area contributed by atoms with Crippen molar-refractivity contribution in [3.63, 3.8) is 0 Å². The molecule has 1 N–H and O–H groups in total. The molecule has 0 spiro atoms. The largest absolute Gasteiger partial charge is 0.347 e. The van der Waals surface area contributed by atoms with Gasteiger partial charge < -0.3 is 5.32 Å². The van der Waals surface area contributed by atoms with E-state index in [-0.39, 0.29) is 0 Å². The molecule has 0 radical (unpaired) electrons. The molecule has 0 aliphatic carbocycles. The fourth-order valence-electron chi connectivity index (χ4n) is 0.983. The van der Waals surface area contributed by atoms with Crippen molar-refractivity contribution in [2.45, 2.75) is 12.5 Å². The number of aliphatic imine (C=N–C) groups is 2. The highest BCUT2D eigenvalue weighted by molar-refractivity contribution is 5.69. The summed E-state index contributed by atoms with van der Waals surface area (Å²) in [6.45, 7) is 0. The molecule has 2 heterocycles. The van der Waals surface area contributed by atoms with E-state index in [4.69, 9.17) is 0 Å². The number of nitrogens with one attached hydrogen (secondary N) is 1. The first-order valence-electron chi connectivity index (χ1n) is 2.97. The van der Waals surface area contributed by atoms with E-state index in [1.54, 1.807) is 6.34 Å². The van der Waals surface area contributed by atoms with Crippen molar-refractivity contribution < 1.29 is 0 Å². The van der Waals surface area contributed by atoms with Crippen molar-refractivity contribution >= 4 is 12.6 Å². The van der Waals surface area contributed by atoms with Crippen molar-refractivity contribution in [3.05, 3.63) is 11.9 Å². The normalized spacial score (nSPS) is 29.3. The van der Waals surface area contributed by atoms with Crippen LogP contribution in [0.25, 0.3) is 0 Å². The molecule has 0 amide bonds. The average molecular weight is 121 g/mol. The zero-order valence-electron chi connectivity index (χ0n) is 4.91. The van der Waals surface area contributed by atoms with E-state index in [1.807, 2.05) is 12.4 Å². The number of rotatable bonds is 0. The van der Waals surface area contributed by atoms with Gasteiger partial charge in [0.25, 0.3) is 0 Å². The number of hydrogen-bond acceptors (Lipinski definition) is 3. The quantitative estimate of drug-likeness (QED) is 0.491. The van der Waals surface area contributed by atoms with E-state index < -0.39 is 0 Å². The Morgan fingerprint density at radius 1 is 1.67 bits per heavy atom. The summed E-state index contributed by atoms with van der Waals surface area (Å²) in [6.07, 6.45) is 6.38. The van der Waals surface area contributed by atoms with Crippen LogP contribution in [0.15, 0.2) is 21.9 Å². The smallest absolute Gasteiger partial charge is 0.0980 e. The monoisotopic (exact) mass is 121 g/mol. The van der Waals surface area contributed by atoms with Gasteiger partial charge in [-0.05, 0) is 0 Å². The minimum atomic E-state index is 0.336. The van der Waals surface area contributed by atoms with E-state index in [0.29, 0.717) is 6.04 Å². The van der Waals surface area contributed by atoms with Gasteiger partial charge in [-0.3, -0.25) is 9.98 Å². The first-order valence-corrected chi connectivity index (χ1v) is 2.97. The number of fused-ring (bicyclic) bond motifs is 1. The summed E-state index contributed by atoms with van der Waals surface area (Å²) in [5.74, 6) is 0. The fraction of sp³-hybridized carbons (Fsp3) is 0.333. The van der Waals surface area contributed by atoms with E-state index in [9.17, 15) is 0 Å². The maximum atomic E-state index is 4.16. The molecule has 0 saturated carbocycles. The van der Waals surface area contributed by atoms with E-state index >= 15 is 0 Å². The van der Waals surface area contributed by atoms with Crippen LogP contribution in [-0.4, -0.2) is 18.6 Å². The summed E-state index contributed by atoms with van der Waals surface area (Å²) in [5, 5.41) is 3.01. The van der Waals surface area contributed by atoms with Crippen molar-refractivity contribution in [2.75, 3.05) is 0 Å². The summed E-state index contributed by atoms with van der Waals surface area (Å²) in [4.78, 5) is 8.15. The maximum Gasteiger partial charge on any atom is 0.0980 e. The molecular formula is C6H7N3. The lowest BCUT2D eigenvalue weighted by atomic mass is 10.1. The zero-order chi connectivity index (χ0) is 6.10. The fourth-order valence-corrected chi connectivity index (χ4v) is 0.983. The van der Waals surface area contributed by atoms with Gasteiger partial charge in [0.15, 0.2) is 0 Å². The van der Waals surface area contributed by atoms with Gasteiger partial charge in [-0.2, -0.15) is 0 Å². The first kappa shape index (κ1) is 4.73. The van der Waals surface area contributed by atoms with Gasteiger partial charge in [-0.15, -0.1) is 0 Å². The van der Waals surface area contributed by atoms with Gasteiger partial charge >= 0.3 is 0 Å². The van der Waals surface area contributed by atoms with Crippen LogP contribution >= 0.6 is 0 Å². The topological polar surface area (TPSA) is 36.8 Å². The molecule has 3 heteroatoms. The lowest BCUT2D eigenvalue weighted by Crippen LogP contribution is -2.15. The third-order valence-electron chi connectivity index (χ3n) is 1.49. The highest BCUT2D eigenvalue weighted by Gasteiger charge is 2.16. The van der Waals surface area contributed by atoms with Crippen LogP contribution in [0.1, 0.15) is 6.42 Å². The molecular weight excluding hydrogens is 114 g/mol. The number of nitrogens with zero attached hydrogens (tertiary/aromatic N) is 2. The second-order valence-corrected chi connectivity index (χ2v) is 2.09. The molecule has 1 atom stereocenters. The van der Waals surface area contributed by atoms with Gasteiger partial charge in [0.1, 0.15) is 0 Å². The molecule has 2 rings (SSSR count). The van der Waals surface area contributed by atoms with Gasteiger partial charge in [-0.1, -0.05) is 0 Å². The lowest BCUT2D eigenvalue weighted by molar-refractivity contribution is 0.807. The van der Waals surface area contributed by atoms with E-state index in [1.165, 1.54) is 0 Å². The standard InChI is InChI=1S/C6H7N3/c1-2-7-3-6-5(1)8-4-9-6/h2-5H,1H2,(H,8,9). The van der Waals surface area contributed by atoms with Crippen molar-refractivity contribution in [2.24, 2.45) is 9.98 Å². The molecule has 0 aromatic heterocycles. The van der Waals surface area contributed by atoms with Crippen molar-refractivity contribution in [1.82, 2.24) is 5.32 Å². The summed E-state index contributed by atoms with van der Waals surface area (Å²) < 4.78 is 0. The molecule has 0 aromatic carbocycles. The minimum absolute atomic E-state index is 0.336. The second kappa shape index (κ2) is 1.69. The second-order valence-electron chi connectivity index (χ2n) is 2.09. The number of hydrogen-bond donors (Lipinski definition) is 1. The Morgan fingerprint density at radius 3 is 3.56 bits per heavy atom. The van der Waals surface area contributed by atoms with Gasteiger partial charge in [0.05, 0.1) is 18.1 Å².